The lowest BCUT2D eigenvalue weighted by molar-refractivity contribution is -0.183. The monoisotopic (exact) mass is 697 g/mol. The van der Waals surface area contributed by atoms with Gasteiger partial charge in [-0.2, -0.15) is 13.2 Å². The molecular weight excluding hydrogens is 658 g/mol. The van der Waals surface area contributed by atoms with Crippen molar-refractivity contribution in [1.29, 1.82) is 0 Å². The third-order valence-corrected chi connectivity index (χ3v) is 9.46. The molecule has 2 aromatic carbocycles. The fraction of sp³-hybridized carbons (Fsp3) is 0.515. The molecule has 15 heteroatoms. The Morgan fingerprint density at radius 2 is 1.73 bits per heavy atom. The lowest BCUT2D eigenvalue weighted by Gasteiger charge is -2.50. The van der Waals surface area contributed by atoms with Crippen molar-refractivity contribution in [2.45, 2.75) is 75.4 Å². The molecule has 2 aliphatic rings. The highest BCUT2D eigenvalue weighted by Crippen LogP contribution is 2.34. The number of piperazine rings is 1. The molecule has 0 bridgehead atoms. The summed E-state index contributed by atoms with van der Waals surface area (Å²) in [4.78, 5) is 57.6. The predicted molar refractivity (Wildman–Crippen MR) is 169 cm³/mol. The molecule has 2 aliphatic heterocycles. The molecule has 2 aromatic rings. The fourth-order valence-electron chi connectivity index (χ4n) is 6.78. The number of nitrogens with one attached hydrogen (secondary N) is 2. The molecule has 0 aliphatic carbocycles. The number of hydrogen-bond donors (Lipinski definition) is 3. The summed E-state index contributed by atoms with van der Waals surface area (Å²) < 4.78 is 55.6. The van der Waals surface area contributed by atoms with E-state index in [1.54, 1.807) is 18.2 Å². The van der Waals surface area contributed by atoms with Gasteiger partial charge in [0.15, 0.2) is 5.66 Å². The van der Waals surface area contributed by atoms with E-state index in [1.165, 1.54) is 24.1 Å². The number of hydrogen-bond acceptors (Lipinski definition) is 6. The Morgan fingerprint density at radius 3 is 2.33 bits per heavy atom. The molecule has 262 valence electrons. The van der Waals surface area contributed by atoms with E-state index in [-0.39, 0.29) is 56.9 Å². The summed E-state index contributed by atoms with van der Waals surface area (Å²) in [5.41, 5.74) is -1.52. The smallest absolute Gasteiger partial charge is 0.471 e. The largest absolute Gasteiger partial charge is 0.480 e. The summed E-state index contributed by atoms with van der Waals surface area (Å²) in [6.07, 6.45) is -4.43. The summed E-state index contributed by atoms with van der Waals surface area (Å²) >= 11 is 6.41. The zero-order chi connectivity index (χ0) is 35.2. The van der Waals surface area contributed by atoms with Crippen molar-refractivity contribution in [2.24, 2.45) is 0 Å². The Morgan fingerprint density at radius 1 is 1.04 bits per heavy atom. The van der Waals surface area contributed by atoms with Crippen LogP contribution < -0.4 is 10.6 Å². The molecule has 3 amide bonds. The van der Waals surface area contributed by atoms with Gasteiger partial charge in [-0.3, -0.25) is 29.0 Å². The van der Waals surface area contributed by atoms with Crippen LogP contribution in [-0.4, -0.2) is 107 Å². The molecule has 3 N–H and O–H groups in total. The Bertz CT molecular complexity index is 1480. The molecule has 4 unspecified atom stereocenters. The molecular formula is C33H40ClF4N5O5. The van der Waals surface area contributed by atoms with E-state index in [0.29, 0.717) is 17.9 Å². The number of carbonyl (C=O) groups is 4. The van der Waals surface area contributed by atoms with Gasteiger partial charge in [-0.1, -0.05) is 55.3 Å². The molecule has 0 aromatic heterocycles. The van der Waals surface area contributed by atoms with E-state index in [2.05, 4.69) is 5.32 Å². The van der Waals surface area contributed by atoms with E-state index in [4.69, 9.17) is 11.6 Å². The van der Waals surface area contributed by atoms with Gasteiger partial charge in [0.2, 0.25) is 5.91 Å². The van der Waals surface area contributed by atoms with Crippen LogP contribution in [0.3, 0.4) is 0 Å². The SMILES string of the molecule is CCCC1CN(C(Cc2ccccc2Cl)C(=O)NC)CCN1C(=O)C(Cc1ccc(F)cc1)(NC(=O)C(F)(F)F)N1CCCC1C(=O)O. The second kappa shape index (κ2) is 15.6. The van der Waals surface area contributed by atoms with Crippen molar-refractivity contribution in [1.82, 2.24) is 25.3 Å². The van der Waals surface area contributed by atoms with Crippen molar-refractivity contribution in [3.05, 3.63) is 70.5 Å². The first-order chi connectivity index (χ1) is 22.7. The van der Waals surface area contributed by atoms with Crippen molar-refractivity contribution in [3.63, 3.8) is 0 Å². The molecule has 2 heterocycles. The minimum atomic E-state index is -5.40. The summed E-state index contributed by atoms with van der Waals surface area (Å²) in [6.45, 7) is 2.08. The number of carboxylic acid groups (broad SMARTS) is 1. The van der Waals surface area contributed by atoms with Crippen LogP contribution >= 0.6 is 11.6 Å². The minimum absolute atomic E-state index is 0.0296. The van der Waals surface area contributed by atoms with E-state index < -0.39 is 60.0 Å². The number of benzene rings is 2. The number of rotatable bonds is 12. The van der Waals surface area contributed by atoms with Gasteiger partial charge in [0, 0.05) is 50.7 Å². The van der Waals surface area contributed by atoms with Crippen molar-refractivity contribution >= 4 is 35.3 Å². The number of aliphatic carboxylic acids is 1. The topological polar surface area (TPSA) is 122 Å². The average Bonchev–Trinajstić information content (AvgIpc) is 3.55. The molecule has 48 heavy (non-hydrogen) atoms. The van der Waals surface area contributed by atoms with Crippen LogP contribution in [0.1, 0.15) is 43.7 Å². The summed E-state index contributed by atoms with van der Waals surface area (Å²) in [6, 6.07) is 9.14. The number of alkyl halides is 3. The van der Waals surface area contributed by atoms with Gasteiger partial charge in [0.05, 0.1) is 6.04 Å². The third-order valence-electron chi connectivity index (χ3n) is 9.09. The number of nitrogens with zero attached hydrogens (tertiary/aromatic N) is 3. The molecule has 0 saturated carbocycles. The van der Waals surface area contributed by atoms with Crippen LogP contribution in [0.5, 0.6) is 0 Å². The third kappa shape index (κ3) is 8.27. The van der Waals surface area contributed by atoms with Crippen LogP contribution in [-0.2, 0) is 32.0 Å². The van der Waals surface area contributed by atoms with Crippen LogP contribution in [0.25, 0.3) is 0 Å². The summed E-state index contributed by atoms with van der Waals surface area (Å²) in [5.74, 6) is -5.57. The lowest BCUT2D eigenvalue weighted by Crippen LogP contribution is -2.75. The van der Waals surface area contributed by atoms with Gasteiger partial charge < -0.3 is 20.6 Å². The second-order valence-electron chi connectivity index (χ2n) is 12.2. The Balaban J connectivity index is 1.77. The standard InChI is InChI=1S/C33H40ClF4N5O5/c1-3-7-24-20-41(27(28(44)39-2)18-22-8-4-5-9-25(22)34)16-17-42(24)31(48)32(40-30(47)33(36,37)38,19-21-11-13-23(35)14-12-21)43-15-6-10-26(43)29(45)46/h4-5,8-9,11-14,24,26-27H,3,6-7,10,15-20H2,1-2H3,(H,39,44)(H,40,47)(H,45,46). The second-order valence-corrected chi connectivity index (χ2v) is 12.6. The quantitative estimate of drug-likeness (QED) is 0.290. The number of likely N-dealkylation sites (N-methyl/N-ethyl adjacent to an activating group) is 1. The number of amides is 3. The van der Waals surface area contributed by atoms with Gasteiger partial charge in [-0.05, 0) is 55.0 Å². The fourth-order valence-corrected chi connectivity index (χ4v) is 6.99. The maximum Gasteiger partial charge on any atom is 0.471 e. The first-order valence-electron chi connectivity index (χ1n) is 15.8. The molecule has 2 saturated heterocycles. The van der Waals surface area contributed by atoms with Gasteiger partial charge in [0.25, 0.3) is 5.91 Å². The molecule has 0 spiro atoms. The Hall–Kier alpha value is -3.75. The highest BCUT2D eigenvalue weighted by molar-refractivity contribution is 6.31. The van der Waals surface area contributed by atoms with E-state index >= 15 is 0 Å². The first kappa shape index (κ1) is 37.1. The van der Waals surface area contributed by atoms with Crippen LogP contribution in [0.15, 0.2) is 48.5 Å². The zero-order valence-corrected chi connectivity index (χ0v) is 27.5. The maximum absolute atomic E-state index is 14.9. The summed E-state index contributed by atoms with van der Waals surface area (Å²) in [7, 11) is 1.51. The Kier molecular flexibility index (Phi) is 12.1. The number of likely N-dealkylation sites (tertiary alicyclic amines) is 1. The number of carboxylic acids is 1. The average molecular weight is 698 g/mol. The normalized spacial score (nSPS) is 20.9. The van der Waals surface area contributed by atoms with E-state index in [0.717, 1.165) is 22.6 Å². The molecule has 4 atom stereocenters. The lowest BCUT2D eigenvalue weighted by atomic mass is 9.92. The van der Waals surface area contributed by atoms with Crippen LogP contribution in [0, 0.1) is 5.82 Å². The predicted octanol–water partition coefficient (Wildman–Crippen LogP) is 3.62. The molecule has 2 fully saturated rings. The highest BCUT2D eigenvalue weighted by atomic mass is 35.5. The minimum Gasteiger partial charge on any atom is -0.480 e. The van der Waals surface area contributed by atoms with E-state index in [1.807, 2.05) is 23.2 Å². The summed E-state index contributed by atoms with van der Waals surface area (Å²) in [5, 5.41) is 15.2. The maximum atomic E-state index is 14.9. The van der Waals surface area contributed by atoms with Crippen LogP contribution in [0.4, 0.5) is 17.6 Å². The molecule has 0 radical (unpaired) electrons. The molecule has 10 nitrogen and oxygen atoms in total. The zero-order valence-electron chi connectivity index (χ0n) is 26.7. The van der Waals surface area contributed by atoms with Gasteiger partial charge in [-0.25, -0.2) is 4.39 Å². The number of carbonyl (C=O) groups excluding carboxylic acids is 3. The van der Waals surface area contributed by atoms with Crippen molar-refractivity contribution in [3.8, 4) is 0 Å². The van der Waals surface area contributed by atoms with Crippen molar-refractivity contribution in [2.75, 3.05) is 33.2 Å². The van der Waals surface area contributed by atoms with Crippen molar-refractivity contribution < 1.29 is 41.8 Å². The van der Waals surface area contributed by atoms with Crippen LogP contribution in [0.2, 0.25) is 5.02 Å². The van der Waals surface area contributed by atoms with Gasteiger partial charge in [0.1, 0.15) is 11.9 Å². The van der Waals surface area contributed by atoms with Gasteiger partial charge in [-0.15, -0.1) is 0 Å². The first-order valence-corrected chi connectivity index (χ1v) is 16.2. The van der Waals surface area contributed by atoms with Gasteiger partial charge >= 0.3 is 18.1 Å². The highest BCUT2D eigenvalue weighted by Gasteiger charge is 2.57. The molecule has 4 rings (SSSR count). The Labute approximate surface area is 281 Å². The number of halogens is 5. The van der Waals surface area contributed by atoms with E-state index in [9.17, 15) is 41.8 Å².